The van der Waals surface area contributed by atoms with Gasteiger partial charge in [0, 0.05) is 26.2 Å². The van der Waals surface area contributed by atoms with Crippen molar-refractivity contribution in [3.8, 4) is 5.75 Å². The summed E-state index contributed by atoms with van der Waals surface area (Å²) in [5, 5.41) is 9.07. The molecule has 1 atom stereocenters. The molecular formula is C14H22N2O3. The number of morpholine rings is 1. The molecule has 0 radical (unpaired) electrons. The summed E-state index contributed by atoms with van der Waals surface area (Å²) in [5.41, 5.74) is 6.65. The molecule has 0 amide bonds. The van der Waals surface area contributed by atoms with Crippen LogP contribution in [0.3, 0.4) is 0 Å². The lowest BCUT2D eigenvalue weighted by atomic mass is 10.2. The van der Waals surface area contributed by atoms with Crippen LogP contribution in [-0.2, 0) is 11.3 Å². The highest BCUT2D eigenvalue weighted by atomic mass is 16.5. The Morgan fingerprint density at radius 2 is 2.16 bits per heavy atom. The standard InChI is InChI=1S/C14H22N2O3/c15-9-12-1-3-13(4-2-12)18-7-5-16-6-8-19-14(10-16)11-17/h1-4,14,17H,5-11,15H2. The molecule has 5 heteroatoms. The minimum atomic E-state index is -0.0578. The molecule has 1 aromatic rings. The fourth-order valence-electron chi connectivity index (χ4n) is 2.11. The first-order chi connectivity index (χ1) is 9.31. The van der Waals surface area contributed by atoms with Crippen LogP contribution in [0.4, 0.5) is 0 Å². The highest BCUT2D eigenvalue weighted by Crippen LogP contribution is 2.12. The Labute approximate surface area is 113 Å². The van der Waals surface area contributed by atoms with Gasteiger partial charge >= 0.3 is 0 Å². The van der Waals surface area contributed by atoms with Crippen LogP contribution in [0.15, 0.2) is 24.3 Å². The first-order valence-corrected chi connectivity index (χ1v) is 6.68. The van der Waals surface area contributed by atoms with Crippen molar-refractivity contribution in [2.75, 3.05) is 39.5 Å². The smallest absolute Gasteiger partial charge is 0.119 e. The van der Waals surface area contributed by atoms with Gasteiger partial charge in [0.2, 0.25) is 0 Å². The van der Waals surface area contributed by atoms with Gasteiger partial charge in [-0.05, 0) is 17.7 Å². The van der Waals surface area contributed by atoms with Crippen LogP contribution in [0, 0.1) is 0 Å². The van der Waals surface area contributed by atoms with E-state index < -0.39 is 0 Å². The zero-order valence-electron chi connectivity index (χ0n) is 11.1. The van der Waals surface area contributed by atoms with E-state index in [1.165, 1.54) is 0 Å². The number of ether oxygens (including phenoxy) is 2. The molecule has 1 unspecified atom stereocenters. The Balaban J connectivity index is 1.70. The molecule has 0 aromatic heterocycles. The lowest BCUT2D eigenvalue weighted by Gasteiger charge is -2.31. The summed E-state index contributed by atoms with van der Waals surface area (Å²) in [6.45, 7) is 4.46. The van der Waals surface area contributed by atoms with E-state index in [-0.39, 0.29) is 12.7 Å². The van der Waals surface area contributed by atoms with E-state index in [0.29, 0.717) is 19.8 Å². The number of rotatable bonds is 6. The van der Waals surface area contributed by atoms with Crippen molar-refractivity contribution in [3.05, 3.63) is 29.8 Å². The van der Waals surface area contributed by atoms with Crippen molar-refractivity contribution in [2.24, 2.45) is 5.73 Å². The SMILES string of the molecule is NCc1ccc(OCCN2CCOC(CO)C2)cc1. The van der Waals surface area contributed by atoms with E-state index >= 15 is 0 Å². The van der Waals surface area contributed by atoms with Gasteiger partial charge in [-0.2, -0.15) is 0 Å². The Kier molecular flexibility index (Phi) is 5.60. The first kappa shape index (κ1) is 14.3. The van der Waals surface area contributed by atoms with E-state index in [1.807, 2.05) is 24.3 Å². The van der Waals surface area contributed by atoms with E-state index in [1.54, 1.807) is 0 Å². The third-order valence-electron chi connectivity index (χ3n) is 3.26. The highest BCUT2D eigenvalue weighted by Gasteiger charge is 2.19. The van der Waals surface area contributed by atoms with Crippen LogP contribution in [0.2, 0.25) is 0 Å². The van der Waals surface area contributed by atoms with Crippen LogP contribution in [-0.4, -0.2) is 55.6 Å². The molecule has 1 heterocycles. The number of aliphatic hydroxyl groups excluding tert-OH is 1. The van der Waals surface area contributed by atoms with Gasteiger partial charge in [-0.1, -0.05) is 12.1 Å². The maximum atomic E-state index is 9.07. The molecule has 1 aromatic carbocycles. The van der Waals surface area contributed by atoms with Crippen LogP contribution in [0.5, 0.6) is 5.75 Å². The highest BCUT2D eigenvalue weighted by molar-refractivity contribution is 5.27. The molecule has 0 aliphatic carbocycles. The number of aliphatic hydroxyl groups is 1. The lowest BCUT2D eigenvalue weighted by molar-refractivity contribution is -0.0547. The molecule has 1 saturated heterocycles. The maximum absolute atomic E-state index is 9.07. The van der Waals surface area contributed by atoms with Gasteiger partial charge in [-0.25, -0.2) is 0 Å². The van der Waals surface area contributed by atoms with E-state index in [2.05, 4.69) is 4.90 Å². The van der Waals surface area contributed by atoms with Crippen molar-refractivity contribution in [1.82, 2.24) is 4.90 Å². The van der Waals surface area contributed by atoms with Gasteiger partial charge in [0.25, 0.3) is 0 Å². The van der Waals surface area contributed by atoms with Crippen LogP contribution in [0.1, 0.15) is 5.56 Å². The third-order valence-corrected chi connectivity index (χ3v) is 3.26. The maximum Gasteiger partial charge on any atom is 0.119 e. The number of nitrogens with two attached hydrogens (primary N) is 1. The van der Waals surface area contributed by atoms with Gasteiger partial charge in [0.05, 0.1) is 19.3 Å². The van der Waals surface area contributed by atoms with Crippen LogP contribution in [0.25, 0.3) is 0 Å². The van der Waals surface area contributed by atoms with E-state index in [9.17, 15) is 0 Å². The summed E-state index contributed by atoms with van der Waals surface area (Å²) < 4.78 is 11.1. The summed E-state index contributed by atoms with van der Waals surface area (Å²) in [4.78, 5) is 2.25. The number of benzene rings is 1. The molecule has 0 bridgehead atoms. The zero-order valence-corrected chi connectivity index (χ0v) is 11.1. The Morgan fingerprint density at radius 3 is 2.84 bits per heavy atom. The largest absolute Gasteiger partial charge is 0.492 e. The topological polar surface area (TPSA) is 68.0 Å². The van der Waals surface area contributed by atoms with E-state index in [4.69, 9.17) is 20.3 Å². The predicted octanol–water partition coefficient (Wildman–Crippen LogP) is 0.217. The average Bonchev–Trinajstić information content (AvgIpc) is 2.48. The van der Waals surface area contributed by atoms with E-state index in [0.717, 1.165) is 30.9 Å². The minimum absolute atomic E-state index is 0.0578. The molecule has 5 nitrogen and oxygen atoms in total. The molecular weight excluding hydrogens is 244 g/mol. The van der Waals surface area contributed by atoms with Gasteiger partial charge in [-0.15, -0.1) is 0 Å². The van der Waals surface area contributed by atoms with Crippen molar-refractivity contribution < 1.29 is 14.6 Å². The monoisotopic (exact) mass is 266 g/mol. The second-order valence-corrected chi connectivity index (χ2v) is 4.67. The molecule has 1 aliphatic heterocycles. The summed E-state index contributed by atoms with van der Waals surface area (Å²) in [7, 11) is 0. The summed E-state index contributed by atoms with van der Waals surface area (Å²) >= 11 is 0. The molecule has 0 spiro atoms. The number of hydrogen-bond donors (Lipinski definition) is 2. The van der Waals surface area contributed by atoms with Crippen LogP contribution < -0.4 is 10.5 Å². The molecule has 0 saturated carbocycles. The fraction of sp³-hybridized carbons (Fsp3) is 0.571. The zero-order chi connectivity index (χ0) is 13.5. The Bertz CT molecular complexity index is 369. The van der Waals surface area contributed by atoms with Gasteiger partial charge in [0.1, 0.15) is 12.4 Å². The van der Waals surface area contributed by atoms with Crippen molar-refractivity contribution in [3.63, 3.8) is 0 Å². The van der Waals surface area contributed by atoms with Gasteiger partial charge in [-0.3, -0.25) is 4.90 Å². The summed E-state index contributed by atoms with van der Waals surface area (Å²) in [6.07, 6.45) is -0.0578. The van der Waals surface area contributed by atoms with Crippen molar-refractivity contribution >= 4 is 0 Å². The Morgan fingerprint density at radius 1 is 1.37 bits per heavy atom. The fourth-order valence-corrected chi connectivity index (χ4v) is 2.11. The van der Waals surface area contributed by atoms with Gasteiger partial charge in [0.15, 0.2) is 0 Å². The quantitative estimate of drug-likeness (QED) is 0.771. The summed E-state index contributed by atoms with van der Waals surface area (Å²) in [5.74, 6) is 0.865. The second-order valence-electron chi connectivity index (χ2n) is 4.67. The van der Waals surface area contributed by atoms with Crippen molar-refractivity contribution in [1.29, 1.82) is 0 Å². The average molecular weight is 266 g/mol. The molecule has 2 rings (SSSR count). The number of nitrogens with zero attached hydrogens (tertiary/aromatic N) is 1. The minimum Gasteiger partial charge on any atom is -0.492 e. The normalized spacial score (nSPS) is 20.4. The first-order valence-electron chi connectivity index (χ1n) is 6.68. The third kappa shape index (κ3) is 4.47. The Hall–Kier alpha value is -1.14. The predicted molar refractivity (Wildman–Crippen MR) is 73.1 cm³/mol. The summed E-state index contributed by atoms with van der Waals surface area (Å²) in [6, 6.07) is 7.84. The van der Waals surface area contributed by atoms with Gasteiger partial charge < -0.3 is 20.3 Å². The molecule has 3 N–H and O–H groups in total. The van der Waals surface area contributed by atoms with Crippen molar-refractivity contribution in [2.45, 2.75) is 12.6 Å². The number of hydrogen-bond acceptors (Lipinski definition) is 5. The lowest BCUT2D eigenvalue weighted by Crippen LogP contribution is -2.45. The molecule has 1 fully saturated rings. The molecule has 106 valence electrons. The second kappa shape index (κ2) is 7.45. The molecule has 1 aliphatic rings. The van der Waals surface area contributed by atoms with Crippen LogP contribution >= 0.6 is 0 Å². The molecule has 19 heavy (non-hydrogen) atoms.